The molecule has 4 aromatic rings. The first-order valence-electron chi connectivity index (χ1n) is 10.1. The zero-order valence-corrected chi connectivity index (χ0v) is 17.4. The summed E-state index contributed by atoms with van der Waals surface area (Å²) < 4.78 is 2.17. The molecule has 0 unspecified atom stereocenters. The van der Waals surface area contributed by atoms with Crippen LogP contribution in [0, 0.1) is 4.64 Å². The van der Waals surface area contributed by atoms with Crippen LogP contribution in [-0.2, 0) is 19.4 Å². The Morgan fingerprint density at radius 2 is 1.87 bits per heavy atom. The maximum atomic E-state index is 13.0. The van der Waals surface area contributed by atoms with Crippen molar-refractivity contribution >= 4 is 29.2 Å². The zero-order chi connectivity index (χ0) is 20.7. The van der Waals surface area contributed by atoms with Gasteiger partial charge in [0, 0.05) is 18.8 Å². The Balaban J connectivity index is 1.55. The van der Waals surface area contributed by atoms with E-state index in [2.05, 4.69) is 57.1 Å². The predicted octanol–water partition coefficient (Wildman–Crippen LogP) is 3.96. The van der Waals surface area contributed by atoms with Crippen LogP contribution in [0.25, 0.3) is 16.7 Å². The van der Waals surface area contributed by atoms with Crippen LogP contribution < -0.4 is 10.5 Å². The molecule has 150 valence electrons. The lowest BCUT2D eigenvalue weighted by Crippen LogP contribution is -2.33. The molecule has 2 aromatic heterocycles. The van der Waals surface area contributed by atoms with Gasteiger partial charge in [0.1, 0.15) is 16.4 Å². The number of anilines is 1. The van der Waals surface area contributed by atoms with Gasteiger partial charge in [-0.1, -0.05) is 55.5 Å². The number of H-pyrrole nitrogens is 1. The van der Waals surface area contributed by atoms with Crippen molar-refractivity contribution in [3.63, 3.8) is 0 Å². The van der Waals surface area contributed by atoms with Crippen LogP contribution in [0.4, 0.5) is 5.95 Å². The first-order chi connectivity index (χ1) is 14.6. The SMILES string of the molecule is CCc1ccc(-n2cnc3nc(N4CCc5ccccc5C4)[nH]c(=O)c3c2=S)cc1. The van der Waals surface area contributed by atoms with Crippen molar-refractivity contribution in [2.45, 2.75) is 26.3 Å². The van der Waals surface area contributed by atoms with Gasteiger partial charge < -0.3 is 4.90 Å². The van der Waals surface area contributed by atoms with Crippen LogP contribution >= 0.6 is 12.2 Å². The summed E-state index contributed by atoms with van der Waals surface area (Å²) in [5.74, 6) is 0.536. The molecule has 6 nitrogen and oxygen atoms in total. The predicted molar refractivity (Wildman–Crippen MR) is 121 cm³/mol. The van der Waals surface area contributed by atoms with Gasteiger partial charge in [-0.05, 0) is 41.7 Å². The summed E-state index contributed by atoms with van der Waals surface area (Å²) in [6.07, 6.45) is 3.53. The fourth-order valence-corrected chi connectivity index (χ4v) is 4.26. The molecule has 0 atom stereocenters. The first kappa shape index (κ1) is 18.7. The van der Waals surface area contributed by atoms with Gasteiger partial charge in [-0.2, -0.15) is 4.98 Å². The Kier molecular flexibility index (Phi) is 4.67. The molecule has 3 heterocycles. The Hall–Kier alpha value is -3.32. The smallest absolute Gasteiger partial charge is 0.264 e. The summed E-state index contributed by atoms with van der Waals surface area (Å²) >= 11 is 5.63. The van der Waals surface area contributed by atoms with Crippen molar-refractivity contribution in [2.24, 2.45) is 0 Å². The zero-order valence-electron chi connectivity index (χ0n) is 16.6. The van der Waals surface area contributed by atoms with E-state index in [9.17, 15) is 4.79 Å². The van der Waals surface area contributed by atoms with E-state index in [0.717, 1.165) is 25.1 Å². The van der Waals surface area contributed by atoms with Crippen LogP contribution in [0.2, 0.25) is 0 Å². The summed E-state index contributed by atoms with van der Waals surface area (Å²) in [5, 5.41) is 0.341. The highest BCUT2D eigenvalue weighted by atomic mass is 32.1. The minimum atomic E-state index is -0.258. The van der Waals surface area contributed by atoms with E-state index >= 15 is 0 Å². The number of rotatable bonds is 3. The third kappa shape index (κ3) is 3.21. The maximum Gasteiger partial charge on any atom is 0.264 e. The topological polar surface area (TPSA) is 66.8 Å². The van der Waals surface area contributed by atoms with Gasteiger partial charge >= 0.3 is 0 Å². The van der Waals surface area contributed by atoms with Crippen LogP contribution in [0.3, 0.4) is 0 Å². The molecule has 1 N–H and O–H groups in total. The van der Waals surface area contributed by atoms with Crippen molar-refractivity contribution in [1.29, 1.82) is 0 Å². The molecule has 0 saturated carbocycles. The summed E-state index contributed by atoms with van der Waals surface area (Å²) in [5.41, 5.74) is 4.83. The fourth-order valence-electron chi connectivity index (χ4n) is 3.92. The Bertz CT molecular complexity index is 1360. The first-order valence-corrected chi connectivity index (χ1v) is 10.5. The van der Waals surface area contributed by atoms with Gasteiger partial charge in [-0.25, -0.2) is 4.98 Å². The lowest BCUT2D eigenvalue weighted by Gasteiger charge is -2.29. The molecule has 0 radical (unpaired) electrons. The van der Waals surface area contributed by atoms with E-state index < -0.39 is 0 Å². The van der Waals surface area contributed by atoms with Crippen molar-refractivity contribution < 1.29 is 0 Å². The molecule has 0 spiro atoms. The maximum absolute atomic E-state index is 13.0. The number of hydrogen-bond acceptors (Lipinski definition) is 5. The minimum Gasteiger partial charge on any atom is -0.338 e. The molecule has 0 amide bonds. The van der Waals surface area contributed by atoms with Crippen molar-refractivity contribution in [2.75, 3.05) is 11.4 Å². The van der Waals surface area contributed by atoms with Gasteiger partial charge in [0.15, 0.2) is 5.65 Å². The average molecular weight is 416 g/mol. The number of fused-ring (bicyclic) bond motifs is 2. The number of aromatic amines is 1. The van der Waals surface area contributed by atoms with E-state index in [1.807, 2.05) is 18.2 Å². The molecule has 2 aromatic carbocycles. The van der Waals surface area contributed by atoms with Gasteiger partial charge in [-0.15, -0.1) is 0 Å². The summed E-state index contributed by atoms with van der Waals surface area (Å²) in [7, 11) is 0. The second-order valence-electron chi connectivity index (χ2n) is 7.47. The number of benzene rings is 2. The summed E-state index contributed by atoms with van der Waals surface area (Å²) in [6, 6.07) is 16.5. The molecule has 30 heavy (non-hydrogen) atoms. The van der Waals surface area contributed by atoms with Crippen LogP contribution in [0.15, 0.2) is 59.7 Å². The average Bonchev–Trinajstić information content (AvgIpc) is 2.79. The molecule has 0 bridgehead atoms. The van der Waals surface area contributed by atoms with Gasteiger partial charge in [0.05, 0.1) is 0 Å². The number of aryl methyl sites for hydroxylation is 1. The van der Waals surface area contributed by atoms with E-state index in [0.29, 0.717) is 28.2 Å². The van der Waals surface area contributed by atoms with Gasteiger partial charge in [-0.3, -0.25) is 14.3 Å². The molecule has 0 fully saturated rings. The van der Waals surface area contributed by atoms with E-state index in [1.165, 1.54) is 16.7 Å². The monoisotopic (exact) mass is 415 g/mol. The van der Waals surface area contributed by atoms with E-state index in [-0.39, 0.29) is 5.56 Å². The Morgan fingerprint density at radius 1 is 1.10 bits per heavy atom. The number of nitrogens with one attached hydrogen (secondary N) is 1. The lowest BCUT2D eigenvalue weighted by atomic mass is 10.0. The fraction of sp³-hybridized carbons (Fsp3) is 0.217. The molecule has 0 saturated heterocycles. The van der Waals surface area contributed by atoms with E-state index in [4.69, 9.17) is 12.2 Å². The van der Waals surface area contributed by atoms with Crippen molar-refractivity contribution in [1.82, 2.24) is 19.5 Å². The Morgan fingerprint density at radius 3 is 2.63 bits per heavy atom. The third-order valence-corrected chi connectivity index (χ3v) is 6.07. The van der Waals surface area contributed by atoms with E-state index in [1.54, 1.807) is 10.9 Å². The molecular formula is C23H21N5OS. The largest absolute Gasteiger partial charge is 0.338 e. The van der Waals surface area contributed by atoms with Crippen LogP contribution in [0.1, 0.15) is 23.6 Å². The number of hydrogen-bond donors (Lipinski definition) is 1. The lowest BCUT2D eigenvalue weighted by molar-refractivity contribution is 0.707. The minimum absolute atomic E-state index is 0.258. The van der Waals surface area contributed by atoms with Crippen molar-refractivity contribution in [3.05, 3.63) is 86.5 Å². The quantitative estimate of drug-likeness (QED) is 0.513. The van der Waals surface area contributed by atoms with Gasteiger partial charge in [0.25, 0.3) is 5.56 Å². The molecular weight excluding hydrogens is 394 g/mol. The molecule has 1 aliphatic rings. The highest BCUT2D eigenvalue weighted by Crippen LogP contribution is 2.22. The summed E-state index contributed by atoms with van der Waals surface area (Å²) in [6.45, 7) is 3.62. The molecule has 7 heteroatoms. The standard InChI is InChI=1S/C23H21N5OS/c1-2-15-7-9-18(10-8-15)28-14-24-20-19(22(28)30)21(29)26-23(25-20)27-12-11-16-5-3-4-6-17(16)13-27/h3-10,14H,2,11-13H2,1H3,(H,25,26,29). The van der Waals surface area contributed by atoms with Crippen LogP contribution in [-0.4, -0.2) is 26.1 Å². The molecule has 0 aliphatic carbocycles. The Labute approximate surface area is 178 Å². The second-order valence-corrected chi connectivity index (χ2v) is 7.85. The highest BCUT2D eigenvalue weighted by molar-refractivity contribution is 7.71. The van der Waals surface area contributed by atoms with Crippen LogP contribution in [0.5, 0.6) is 0 Å². The summed E-state index contributed by atoms with van der Waals surface area (Å²) in [4.78, 5) is 27.1. The van der Waals surface area contributed by atoms with Gasteiger partial charge in [0.2, 0.25) is 5.95 Å². The highest BCUT2D eigenvalue weighted by Gasteiger charge is 2.19. The molecule has 5 rings (SSSR count). The van der Waals surface area contributed by atoms with Crippen molar-refractivity contribution in [3.8, 4) is 5.69 Å². The third-order valence-electron chi connectivity index (χ3n) is 5.67. The normalized spacial score (nSPS) is 13.4. The number of aromatic nitrogens is 4. The number of nitrogens with zero attached hydrogens (tertiary/aromatic N) is 4. The molecule has 1 aliphatic heterocycles. The second kappa shape index (κ2) is 7.50.